The van der Waals surface area contributed by atoms with Crippen LogP contribution < -0.4 is 10.9 Å². The second-order valence-electron chi connectivity index (χ2n) is 10.8. The normalized spacial score (nSPS) is 22.4. The van der Waals surface area contributed by atoms with Crippen molar-refractivity contribution in [1.82, 2.24) is 19.5 Å². The second kappa shape index (κ2) is 12.7. The van der Waals surface area contributed by atoms with E-state index in [-0.39, 0.29) is 23.7 Å². The average molecular weight is 656 g/mol. The second-order valence-corrected chi connectivity index (χ2v) is 14.6. The Balaban J connectivity index is 1.89. The lowest BCUT2D eigenvalue weighted by molar-refractivity contribution is -0.158. The Bertz CT molecular complexity index is 1810. The topological polar surface area (TPSA) is 215 Å². The van der Waals surface area contributed by atoms with Crippen LogP contribution in [0.1, 0.15) is 32.6 Å². The summed E-state index contributed by atoms with van der Waals surface area (Å²) in [6, 6.07) is 8.77. The fraction of sp³-hybridized carbons (Fsp3) is 0.500. The molecule has 0 aliphatic carbocycles. The third-order valence-electron chi connectivity index (χ3n) is 6.52. The molecular formula is C26H33N5O11S2. The first-order valence-corrected chi connectivity index (χ1v) is 17.2. The molecule has 4 rings (SSSR count). The molecule has 1 fully saturated rings. The number of esters is 1. The van der Waals surface area contributed by atoms with Crippen molar-refractivity contribution in [3.8, 4) is 0 Å². The number of anilines is 1. The molecule has 1 aliphatic rings. The minimum Gasteiger partial charge on any atom is -0.455 e. The molecule has 1 aromatic carbocycles. The van der Waals surface area contributed by atoms with Gasteiger partial charge in [0.05, 0.1) is 31.5 Å². The van der Waals surface area contributed by atoms with E-state index in [1.807, 2.05) is 0 Å². The molecule has 0 spiro atoms. The number of sulfone groups is 1. The summed E-state index contributed by atoms with van der Waals surface area (Å²) in [5.41, 5.74) is -2.39. The summed E-state index contributed by atoms with van der Waals surface area (Å²) in [7, 11) is -8.06. The number of aromatic amines is 1. The van der Waals surface area contributed by atoms with Crippen molar-refractivity contribution in [3.05, 3.63) is 52.6 Å². The van der Waals surface area contributed by atoms with Gasteiger partial charge in [-0.05, 0) is 5.56 Å². The van der Waals surface area contributed by atoms with Crippen LogP contribution in [0.5, 0.6) is 0 Å². The minimum absolute atomic E-state index is 0.113. The first kappa shape index (κ1) is 33.2. The number of carbonyl (C=O) groups is 2. The van der Waals surface area contributed by atoms with Gasteiger partial charge in [-0.25, -0.2) is 13.4 Å². The third kappa shape index (κ3) is 7.86. The van der Waals surface area contributed by atoms with Gasteiger partial charge in [-0.1, -0.05) is 44.2 Å². The van der Waals surface area contributed by atoms with Gasteiger partial charge >= 0.3 is 5.97 Å². The highest BCUT2D eigenvalue weighted by Crippen LogP contribution is 2.43. The number of amides is 1. The molecule has 2 aromatic heterocycles. The Hall–Kier alpha value is -3.71. The molecule has 240 valence electrons. The molecule has 4 atom stereocenters. The van der Waals surface area contributed by atoms with Gasteiger partial charge in [0.1, 0.15) is 21.5 Å². The van der Waals surface area contributed by atoms with E-state index in [0.717, 1.165) is 25.8 Å². The molecule has 1 saturated heterocycles. The number of aromatic nitrogens is 4. The molecule has 0 saturated carbocycles. The number of hydrogen-bond acceptors (Lipinski definition) is 13. The highest BCUT2D eigenvalue weighted by atomic mass is 32.2. The molecule has 0 bridgehead atoms. The summed E-state index contributed by atoms with van der Waals surface area (Å²) in [5, 5.41) is 2.49. The van der Waals surface area contributed by atoms with Crippen molar-refractivity contribution in [2.45, 2.75) is 51.4 Å². The van der Waals surface area contributed by atoms with Crippen LogP contribution in [0.2, 0.25) is 0 Å². The average Bonchev–Trinajstić information content (AvgIpc) is 3.44. The van der Waals surface area contributed by atoms with Crippen molar-refractivity contribution in [2.75, 3.05) is 30.2 Å². The van der Waals surface area contributed by atoms with Crippen molar-refractivity contribution >= 4 is 48.9 Å². The number of imidazole rings is 1. The lowest BCUT2D eigenvalue weighted by atomic mass is 9.97. The number of carbonyl (C=O) groups excluding carboxylic acids is 2. The number of rotatable bonds is 12. The van der Waals surface area contributed by atoms with E-state index < -0.39 is 79.7 Å². The van der Waals surface area contributed by atoms with Crippen LogP contribution in [-0.4, -0.2) is 90.9 Å². The fourth-order valence-electron chi connectivity index (χ4n) is 4.71. The number of H-pyrrole nitrogens is 1. The minimum atomic E-state index is -4.13. The summed E-state index contributed by atoms with van der Waals surface area (Å²) < 4.78 is 74.1. The lowest BCUT2D eigenvalue weighted by Crippen LogP contribution is -2.53. The zero-order valence-electron chi connectivity index (χ0n) is 24.5. The number of nitrogens with zero attached hydrogens (tertiary/aromatic N) is 3. The van der Waals surface area contributed by atoms with Crippen molar-refractivity contribution < 1.29 is 44.8 Å². The predicted molar refractivity (Wildman–Crippen MR) is 156 cm³/mol. The molecule has 1 amide bonds. The molecule has 44 heavy (non-hydrogen) atoms. The van der Waals surface area contributed by atoms with E-state index >= 15 is 0 Å². The van der Waals surface area contributed by atoms with Gasteiger partial charge < -0.3 is 14.2 Å². The molecular weight excluding hydrogens is 622 g/mol. The van der Waals surface area contributed by atoms with Crippen LogP contribution in [0.25, 0.3) is 11.2 Å². The fourth-order valence-corrected chi connectivity index (χ4v) is 6.33. The maximum Gasteiger partial charge on any atom is 0.303 e. The molecule has 0 radical (unpaired) electrons. The summed E-state index contributed by atoms with van der Waals surface area (Å²) in [5.74, 6) is -2.69. The van der Waals surface area contributed by atoms with Gasteiger partial charge in [-0.15, -0.1) is 0 Å². The Kier molecular flexibility index (Phi) is 9.60. The van der Waals surface area contributed by atoms with E-state index in [2.05, 4.69) is 20.3 Å². The number of fused-ring (bicyclic) bond motifs is 1. The number of nitrogens with one attached hydrogen (secondary N) is 2. The molecule has 16 nitrogen and oxygen atoms in total. The van der Waals surface area contributed by atoms with E-state index in [1.165, 1.54) is 4.57 Å². The highest BCUT2D eigenvalue weighted by Gasteiger charge is 2.60. The molecule has 2 N–H and O–H groups in total. The molecule has 3 heterocycles. The van der Waals surface area contributed by atoms with E-state index in [1.54, 1.807) is 44.2 Å². The zero-order valence-corrected chi connectivity index (χ0v) is 26.2. The first-order chi connectivity index (χ1) is 20.5. The summed E-state index contributed by atoms with van der Waals surface area (Å²) in [6.07, 6.45) is -1.44. The van der Waals surface area contributed by atoms with E-state index in [9.17, 15) is 31.2 Å². The zero-order chi connectivity index (χ0) is 32.4. The van der Waals surface area contributed by atoms with Crippen molar-refractivity contribution in [2.24, 2.45) is 5.92 Å². The van der Waals surface area contributed by atoms with Crippen molar-refractivity contribution in [3.63, 3.8) is 0 Å². The van der Waals surface area contributed by atoms with E-state index in [0.29, 0.717) is 5.56 Å². The van der Waals surface area contributed by atoms with Crippen LogP contribution >= 0.6 is 0 Å². The largest absolute Gasteiger partial charge is 0.455 e. The Labute approximate surface area is 253 Å². The molecule has 0 unspecified atom stereocenters. The summed E-state index contributed by atoms with van der Waals surface area (Å²) in [4.78, 5) is 48.4. The monoisotopic (exact) mass is 655 g/mol. The standard InChI is InChI=1S/C26H33N5O11S2/c1-15(2)22(33)29-25-28-21-18(23(34)30-25)27-14-31(21)24-19(41-16(3)32)20(39-11-17-9-7-6-8-10-17)26(42-24,13-43(4,35)36)12-40-44(5,37)38/h6-10,14-15,19-20,24H,11-13H2,1-5H3,(H2,28,29,30,33,34)/t19-,20+,24-,26+/m0/s1. The quantitative estimate of drug-likeness (QED) is 0.201. The number of hydrogen-bond donors (Lipinski definition) is 2. The van der Waals surface area contributed by atoms with Gasteiger partial charge in [0.25, 0.3) is 15.7 Å². The van der Waals surface area contributed by atoms with E-state index in [4.69, 9.17) is 18.4 Å². The molecule has 1 aliphatic heterocycles. The lowest BCUT2D eigenvalue weighted by Gasteiger charge is -2.33. The van der Waals surface area contributed by atoms with Crippen LogP contribution in [0.3, 0.4) is 0 Å². The Morgan fingerprint density at radius 3 is 2.43 bits per heavy atom. The SMILES string of the molecule is CC(=O)O[C@H]1[C@@H](OCc2ccccc2)[C@@](COS(C)(=O)=O)(CS(C)(=O)=O)O[C@@H]1n1cnc2c(=O)[nH]c(NC(=O)C(C)C)nc21. The Morgan fingerprint density at radius 1 is 1.16 bits per heavy atom. The first-order valence-electron chi connectivity index (χ1n) is 13.3. The number of ether oxygens (including phenoxy) is 3. The van der Waals surface area contributed by atoms with Crippen LogP contribution in [0.15, 0.2) is 41.5 Å². The van der Waals surface area contributed by atoms with Crippen LogP contribution in [0, 0.1) is 5.92 Å². The van der Waals surface area contributed by atoms with Gasteiger partial charge in [-0.3, -0.25) is 33.4 Å². The summed E-state index contributed by atoms with van der Waals surface area (Å²) in [6.45, 7) is 3.45. The third-order valence-corrected chi connectivity index (χ3v) is 8.08. The van der Waals surface area contributed by atoms with Gasteiger partial charge in [-0.2, -0.15) is 13.4 Å². The molecule has 18 heteroatoms. The van der Waals surface area contributed by atoms with Gasteiger partial charge in [0.2, 0.25) is 11.9 Å². The Morgan fingerprint density at radius 2 is 1.84 bits per heavy atom. The maximum absolute atomic E-state index is 12.9. The van der Waals surface area contributed by atoms with Crippen LogP contribution in [-0.2, 0) is 54.5 Å². The number of benzene rings is 1. The van der Waals surface area contributed by atoms with Gasteiger partial charge in [0.15, 0.2) is 23.5 Å². The van der Waals surface area contributed by atoms with Crippen LogP contribution in [0.4, 0.5) is 5.95 Å². The predicted octanol–water partition coefficient (Wildman–Crippen LogP) is 0.520. The van der Waals surface area contributed by atoms with Gasteiger partial charge in [0, 0.05) is 19.1 Å². The maximum atomic E-state index is 12.9. The highest BCUT2D eigenvalue weighted by molar-refractivity contribution is 7.90. The summed E-state index contributed by atoms with van der Waals surface area (Å²) >= 11 is 0. The molecule has 3 aromatic rings. The smallest absolute Gasteiger partial charge is 0.303 e. The van der Waals surface area contributed by atoms with Crippen molar-refractivity contribution in [1.29, 1.82) is 0 Å².